The van der Waals surface area contributed by atoms with Gasteiger partial charge in [0.2, 0.25) is 0 Å². The van der Waals surface area contributed by atoms with Crippen LogP contribution in [0.15, 0.2) is 42.5 Å². The number of carboxylic acid groups (broad SMARTS) is 1. The second-order valence-corrected chi connectivity index (χ2v) is 7.41. The van der Waals surface area contributed by atoms with Gasteiger partial charge in [0.15, 0.2) is 0 Å². The van der Waals surface area contributed by atoms with Crippen LogP contribution in [0.3, 0.4) is 0 Å². The quantitative estimate of drug-likeness (QED) is 0.740. The van der Waals surface area contributed by atoms with E-state index in [1.807, 2.05) is 12.1 Å². The summed E-state index contributed by atoms with van der Waals surface area (Å²) in [5, 5.41) is 12.9. The minimum Gasteiger partial charge on any atom is -0.478 e. The van der Waals surface area contributed by atoms with Crippen molar-refractivity contribution >= 4 is 11.7 Å². The minimum absolute atomic E-state index is 0.254. The highest BCUT2D eigenvalue weighted by Gasteiger charge is 2.34. The first-order valence-corrected chi connectivity index (χ1v) is 9.16. The highest BCUT2D eigenvalue weighted by Crippen LogP contribution is 2.46. The van der Waals surface area contributed by atoms with E-state index in [9.17, 15) is 9.90 Å². The molecule has 3 rings (SSSR count). The number of fused-ring (bicyclic) bond motifs is 1. The van der Waals surface area contributed by atoms with Crippen LogP contribution in [0.5, 0.6) is 0 Å². The summed E-state index contributed by atoms with van der Waals surface area (Å²) in [6.07, 6.45) is 1.04. The molecule has 0 saturated heterocycles. The van der Waals surface area contributed by atoms with Crippen molar-refractivity contribution in [3.63, 3.8) is 0 Å². The Morgan fingerprint density at radius 1 is 1.16 bits per heavy atom. The van der Waals surface area contributed by atoms with Gasteiger partial charge in [-0.25, -0.2) is 4.79 Å². The number of rotatable bonds is 4. The Labute approximate surface area is 150 Å². The maximum Gasteiger partial charge on any atom is 0.335 e. The number of carboxylic acids is 1. The first-order valence-electron chi connectivity index (χ1n) is 9.16. The predicted molar refractivity (Wildman–Crippen MR) is 102 cm³/mol. The van der Waals surface area contributed by atoms with Gasteiger partial charge in [0.05, 0.1) is 11.6 Å². The minimum atomic E-state index is -0.866. The molecule has 0 fully saturated rings. The van der Waals surface area contributed by atoms with Gasteiger partial charge in [-0.3, -0.25) is 0 Å². The molecule has 2 aromatic carbocycles. The lowest BCUT2D eigenvalue weighted by Gasteiger charge is -2.39. The lowest BCUT2D eigenvalue weighted by Crippen LogP contribution is -2.30. The molecule has 0 unspecified atom stereocenters. The molecule has 3 nitrogen and oxygen atoms in total. The standard InChI is InChI=1S/C22H27NO2/c1-5-18-14(4)19-12-17(22(24)25)10-11-20(19)23-21(18)16-8-6-15(7-9-16)13(2)3/h6-14,18,21,23H,5H2,1-4H3,(H,24,25)/t14-,18+,21+/m1/s1. The van der Waals surface area contributed by atoms with Crippen molar-refractivity contribution < 1.29 is 9.90 Å². The fourth-order valence-corrected chi connectivity index (χ4v) is 4.01. The van der Waals surface area contributed by atoms with Crippen molar-refractivity contribution in [1.29, 1.82) is 0 Å². The average Bonchev–Trinajstić information content (AvgIpc) is 2.61. The molecule has 0 amide bonds. The number of nitrogens with one attached hydrogen (secondary N) is 1. The van der Waals surface area contributed by atoms with Crippen LogP contribution in [-0.4, -0.2) is 11.1 Å². The summed E-state index contributed by atoms with van der Waals surface area (Å²) in [5.41, 5.74) is 5.19. The van der Waals surface area contributed by atoms with Crippen molar-refractivity contribution in [2.45, 2.75) is 52.0 Å². The van der Waals surface area contributed by atoms with Gasteiger partial charge in [-0.1, -0.05) is 58.4 Å². The molecular formula is C22H27NO2. The first kappa shape index (κ1) is 17.5. The summed E-state index contributed by atoms with van der Waals surface area (Å²) in [4.78, 5) is 11.3. The van der Waals surface area contributed by atoms with E-state index >= 15 is 0 Å². The molecular weight excluding hydrogens is 310 g/mol. The third-order valence-corrected chi connectivity index (χ3v) is 5.60. The Bertz CT molecular complexity index is 764. The first-order chi connectivity index (χ1) is 11.9. The van der Waals surface area contributed by atoms with Crippen LogP contribution >= 0.6 is 0 Å². The number of hydrogen-bond acceptors (Lipinski definition) is 2. The van der Waals surface area contributed by atoms with Crippen molar-refractivity contribution in [2.24, 2.45) is 5.92 Å². The zero-order valence-electron chi connectivity index (χ0n) is 15.4. The van der Waals surface area contributed by atoms with Gasteiger partial charge in [0, 0.05) is 5.69 Å². The van der Waals surface area contributed by atoms with E-state index in [0.717, 1.165) is 17.7 Å². The SMILES string of the molecule is CC[C@H]1[C@@H](C)c2cc(C(=O)O)ccc2N[C@H]1c1ccc(C(C)C)cc1. The lowest BCUT2D eigenvalue weighted by molar-refractivity contribution is 0.0696. The molecule has 1 heterocycles. The van der Waals surface area contributed by atoms with Crippen LogP contribution in [0.25, 0.3) is 0 Å². The van der Waals surface area contributed by atoms with E-state index in [2.05, 4.69) is 57.3 Å². The Morgan fingerprint density at radius 3 is 2.40 bits per heavy atom. The summed E-state index contributed by atoms with van der Waals surface area (Å²) in [6, 6.07) is 14.6. The van der Waals surface area contributed by atoms with Crippen LogP contribution in [-0.2, 0) is 0 Å². The monoisotopic (exact) mass is 337 g/mol. The highest BCUT2D eigenvalue weighted by molar-refractivity contribution is 5.88. The predicted octanol–water partition coefficient (Wildman–Crippen LogP) is 5.80. The van der Waals surface area contributed by atoms with E-state index < -0.39 is 5.97 Å². The van der Waals surface area contributed by atoms with Crippen LogP contribution < -0.4 is 5.32 Å². The van der Waals surface area contributed by atoms with Crippen molar-refractivity contribution in [1.82, 2.24) is 0 Å². The number of benzene rings is 2. The summed E-state index contributed by atoms with van der Waals surface area (Å²) in [5.74, 6) is 0.413. The van der Waals surface area contributed by atoms with E-state index in [4.69, 9.17) is 0 Å². The van der Waals surface area contributed by atoms with E-state index in [-0.39, 0.29) is 6.04 Å². The third kappa shape index (κ3) is 3.28. The second-order valence-electron chi connectivity index (χ2n) is 7.41. The van der Waals surface area contributed by atoms with Crippen molar-refractivity contribution in [2.75, 3.05) is 5.32 Å². The summed E-state index contributed by atoms with van der Waals surface area (Å²) >= 11 is 0. The van der Waals surface area contributed by atoms with Crippen LogP contribution in [0.1, 0.15) is 79.0 Å². The van der Waals surface area contributed by atoms with Crippen molar-refractivity contribution in [3.8, 4) is 0 Å². The molecule has 1 aliphatic rings. The molecule has 0 radical (unpaired) electrons. The normalized spacial score (nSPS) is 22.4. The van der Waals surface area contributed by atoms with Crippen LogP contribution in [0.2, 0.25) is 0 Å². The fraction of sp³-hybridized carbons (Fsp3) is 0.409. The second kappa shape index (κ2) is 6.91. The molecule has 2 aromatic rings. The van der Waals surface area contributed by atoms with Crippen LogP contribution in [0.4, 0.5) is 5.69 Å². The molecule has 2 N–H and O–H groups in total. The molecule has 0 spiro atoms. The Kier molecular flexibility index (Phi) is 4.85. The molecule has 1 aliphatic heterocycles. The van der Waals surface area contributed by atoms with Gasteiger partial charge in [-0.2, -0.15) is 0 Å². The number of anilines is 1. The van der Waals surface area contributed by atoms with Gasteiger partial charge in [-0.15, -0.1) is 0 Å². The molecule has 0 saturated carbocycles. The maximum atomic E-state index is 11.3. The fourth-order valence-electron chi connectivity index (χ4n) is 4.01. The molecule has 0 aliphatic carbocycles. The van der Waals surface area contributed by atoms with E-state index in [1.54, 1.807) is 6.07 Å². The summed E-state index contributed by atoms with van der Waals surface area (Å²) < 4.78 is 0. The maximum absolute atomic E-state index is 11.3. The van der Waals surface area contributed by atoms with Crippen LogP contribution in [0, 0.1) is 5.92 Å². The van der Waals surface area contributed by atoms with Gasteiger partial charge >= 0.3 is 5.97 Å². The number of aromatic carboxylic acids is 1. The Hall–Kier alpha value is -2.29. The largest absolute Gasteiger partial charge is 0.478 e. The number of carbonyl (C=O) groups is 1. The Balaban J connectivity index is 1.97. The van der Waals surface area contributed by atoms with E-state index in [0.29, 0.717) is 23.3 Å². The molecule has 25 heavy (non-hydrogen) atoms. The molecule has 132 valence electrons. The molecule has 0 bridgehead atoms. The van der Waals surface area contributed by atoms with Gasteiger partial charge in [0.25, 0.3) is 0 Å². The summed E-state index contributed by atoms with van der Waals surface area (Å²) in [6.45, 7) is 8.85. The highest BCUT2D eigenvalue weighted by atomic mass is 16.4. The average molecular weight is 337 g/mol. The van der Waals surface area contributed by atoms with E-state index in [1.165, 1.54) is 11.1 Å². The third-order valence-electron chi connectivity index (χ3n) is 5.60. The number of hydrogen-bond donors (Lipinski definition) is 2. The zero-order valence-corrected chi connectivity index (χ0v) is 15.4. The van der Waals surface area contributed by atoms with Gasteiger partial charge < -0.3 is 10.4 Å². The lowest BCUT2D eigenvalue weighted by atomic mass is 9.74. The smallest absolute Gasteiger partial charge is 0.335 e. The molecule has 0 aromatic heterocycles. The van der Waals surface area contributed by atoms with Crippen molar-refractivity contribution in [3.05, 3.63) is 64.7 Å². The Morgan fingerprint density at radius 2 is 1.84 bits per heavy atom. The summed E-state index contributed by atoms with van der Waals surface area (Å²) in [7, 11) is 0. The molecule has 3 atom stereocenters. The zero-order chi connectivity index (χ0) is 18.1. The van der Waals surface area contributed by atoms with Gasteiger partial charge in [0.1, 0.15) is 0 Å². The molecule has 3 heteroatoms. The van der Waals surface area contributed by atoms with Gasteiger partial charge in [-0.05, 0) is 52.6 Å². The topological polar surface area (TPSA) is 49.3 Å².